The molecule has 0 bridgehead atoms. The second-order valence-corrected chi connectivity index (χ2v) is 5.36. The third-order valence-corrected chi connectivity index (χ3v) is 3.92. The first kappa shape index (κ1) is 13.1. The van der Waals surface area contributed by atoms with Gasteiger partial charge in [-0.05, 0) is 54.5 Å². The van der Waals surface area contributed by atoms with E-state index >= 15 is 0 Å². The average Bonchev–Trinajstić information content (AvgIpc) is 2.90. The summed E-state index contributed by atoms with van der Waals surface area (Å²) < 4.78 is 27.5. The first-order valence-electron chi connectivity index (χ1n) is 6.94. The molecule has 2 aromatic rings. The molecule has 0 amide bonds. The van der Waals surface area contributed by atoms with Crippen molar-refractivity contribution < 1.29 is 8.78 Å². The SMILES string of the molecule is Cc1ccc(F)c(NCc2ccc3c(c2)CCC3)c1F. The van der Waals surface area contributed by atoms with Crippen molar-refractivity contribution in [3.8, 4) is 0 Å². The highest BCUT2D eigenvalue weighted by molar-refractivity contribution is 5.49. The zero-order valence-corrected chi connectivity index (χ0v) is 11.5. The van der Waals surface area contributed by atoms with Crippen LogP contribution in [0.15, 0.2) is 30.3 Å². The Kier molecular flexibility index (Phi) is 3.43. The van der Waals surface area contributed by atoms with Crippen LogP contribution in [0.1, 0.15) is 28.7 Å². The molecule has 3 rings (SSSR count). The van der Waals surface area contributed by atoms with Crippen LogP contribution >= 0.6 is 0 Å². The molecule has 2 aromatic carbocycles. The third-order valence-electron chi connectivity index (χ3n) is 3.92. The van der Waals surface area contributed by atoms with Gasteiger partial charge in [0.1, 0.15) is 11.5 Å². The predicted molar refractivity (Wildman–Crippen MR) is 76.9 cm³/mol. The van der Waals surface area contributed by atoms with Crippen LogP contribution in [0.2, 0.25) is 0 Å². The lowest BCUT2D eigenvalue weighted by molar-refractivity contribution is 0.582. The summed E-state index contributed by atoms with van der Waals surface area (Å²) in [7, 11) is 0. The monoisotopic (exact) mass is 273 g/mol. The lowest BCUT2D eigenvalue weighted by Gasteiger charge is -2.11. The van der Waals surface area contributed by atoms with Crippen LogP contribution in [0.25, 0.3) is 0 Å². The maximum Gasteiger partial charge on any atom is 0.152 e. The van der Waals surface area contributed by atoms with Crippen molar-refractivity contribution in [2.24, 2.45) is 0 Å². The summed E-state index contributed by atoms with van der Waals surface area (Å²) in [5, 5.41) is 2.88. The highest BCUT2D eigenvalue weighted by Crippen LogP contribution is 2.25. The van der Waals surface area contributed by atoms with Crippen LogP contribution in [0.5, 0.6) is 0 Å². The molecule has 0 spiro atoms. The number of benzene rings is 2. The van der Waals surface area contributed by atoms with Crippen molar-refractivity contribution in [2.45, 2.75) is 32.7 Å². The van der Waals surface area contributed by atoms with Gasteiger partial charge in [-0.3, -0.25) is 0 Å². The maximum atomic E-state index is 13.9. The van der Waals surface area contributed by atoms with Gasteiger partial charge < -0.3 is 5.32 Å². The van der Waals surface area contributed by atoms with E-state index in [0.29, 0.717) is 12.1 Å². The molecule has 0 fully saturated rings. The van der Waals surface area contributed by atoms with E-state index < -0.39 is 11.6 Å². The van der Waals surface area contributed by atoms with Crippen molar-refractivity contribution in [3.63, 3.8) is 0 Å². The molecule has 0 radical (unpaired) electrons. The maximum absolute atomic E-state index is 13.9. The lowest BCUT2D eigenvalue weighted by atomic mass is 10.1. The Balaban J connectivity index is 1.79. The number of rotatable bonds is 3. The van der Waals surface area contributed by atoms with Gasteiger partial charge in [-0.1, -0.05) is 24.3 Å². The minimum Gasteiger partial charge on any atom is -0.376 e. The summed E-state index contributed by atoms with van der Waals surface area (Å²) in [5.41, 5.74) is 4.25. The molecule has 1 aliphatic rings. The second-order valence-electron chi connectivity index (χ2n) is 5.36. The molecule has 0 heterocycles. The van der Waals surface area contributed by atoms with Gasteiger partial charge in [-0.2, -0.15) is 0 Å². The summed E-state index contributed by atoms with van der Waals surface area (Å²) >= 11 is 0. The molecule has 0 saturated carbocycles. The number of hydrogen-bond donors (Lipinski definition) is 1. The van der Waals surface area contributed by atoms with Crippen molar-refractivity contribution >= 4 is 5.69 Å². The molecule has 0 saturated heterocycles. The number of nitrogens with one attached hydrogen (secondary N) is 1. The van der Waals surface area contributed by atoms with Gasteiger partial charge in [-0.25, -0.2) is 8.78 Å². The predicted octanol–water partition coefficient (Wildman–Crippen LogP) is 4.37. The van der Waals surface area contributed by atoms with Gasteiger partial charge in [0.25, 0.3) is 0 Å². The van der Waals surface area contributed by atoms with Crippen LogP contribution in [0.4, 0.5) is 14.5 Å². The van der Waals surface area contributed by atoms with E-state index in [2.05, 4.69) is 17.4 Å². The summed E-state index contributed by atoms with van der Waals surface area (Å²) in [4.78, 5) is 0. The average molecular weight is 273 g/mol. The quantitative estimate of drug-likeness (QED) is 0.875. The fourth-order valence-corrected chi connectivity index (χ4v) is 2.74. The fraction of sp³-hybridized carbons (Fsp3) is 0.294. The molecule has 0 unspecified atom stereocenters. The van der Waals surface area contributed by atoms with Crippen molar-refractivity contribution in [3.05, 3.63) is 64.2 Å². The van der Waals surface area contributed by atoms with E-state index in [1.54, 1.807) is 6.92 Å². The summed E-state index contributed by atoms with van der Waals surface area (Å²) in [6.07, 6.45) is 3.45. The van der Waals surface area contributed by atoms with Crippen LogP contribution < -0.4 is 5.32 Å². The first-order chi connectivity index (χ1) is 9.65. The number of anilines is 1. The Morgan fingerprint density at radius 3 is 2.70 bits per heavy atom. The Hall–Kier alpha value is -1.90. The van der Waals surface area contributed by atoms with Gasteiger partial charge in [0.05, 0.1) is 0 Å². The smallest absolute Gasteiger partial charge is 0.152 e. The van der Waals surface area contributed by atoms with E-state index in [4.69, 9.17) is 0 Å². The number of hydrogen-bond acceptors (Lipinski definition) is 1. The van der Waals surface area contributed by atoms with Crippen molar-refractivity contribution in [1.82, 2.24) is 0 Å². The Morgan fingerprint density at radius 2 is 1.85 bits per heavy atom. The normalized spacial score (nSPS) is 13.3. The fourth-order valence-electron chi connectivity index (χ4n) is 2.74. The molecule has 3 heteroatoms. The Morgan fingerprint density at radius 1 is 1.05 bits per heavy atom. The minimum absolute atomic E-state index is 0.0366. The van der Waals surface area contributed by atoms with E-state index in [1.165, 1.54) is 29.7 Å². The van der Waals surface area contributed by atoms with Crippen molar-refractivity contribution in [2.75, 3.05) is 5.32 Å². The van der Waals surface area contributed by atoms with Crippen molar-refractivity contribution in [1.29, 1.82) is 0 Å². The molecule has 0 aliphatic heterocycles. The number of halogens is 2. The van der Waals surface area contributed by atoms with Gasteiger partial charge in [0, 0.05) is 6.54 Å². The van der Waals surface area contributed by atoms with E-state index in [-0.39, 0.29) is 5.69 Å². The largest absolute Gasteiger partial charge is 0.376 e. The Bertz CT molecular complexity index is 650. The van der Waals surface area contributed by atoms with Crippen LogP contribution in [-0.4, -0.2) is 0 Å². The third kappa shape index (κ3) is 2.40. The molecular weight excluding hydrogens is 256 g/mol. The Labute approximate surface area is 117 Å². The highest BCUT2D eigenvalue weighted by atomic mass is 19.1. The molecular formula is C17H17F2N. The number of aryl methyl sites for hydroxylation is 3. The van der Waals surface area contributed by atoms with E-state index in [1.807, 2.05) is 6.07 Å². The van der Waals surface area contributed by atoms with Gasteiger partial charge in [0.15, 0.2) is 5.82 Å². The molecule has 1 N–H and O–H groups in total. The van der Waals surface area contributed by atoms with E-state index in [0.717, 1.165) is 18.4 Å². The van der Waals surface area contributed by atoms with Crippen LogP contribution in [-0.2, 0) is 19.4 Å². The minimum atomic E-state index is -0.547. The topological polar surface area (TPSA) is 12.0 Å². The van der Waals surface area contributed by atoms with Gasteiger partial charge in [-0.15, -0.1) is 0 Å². The zero-order valence-electron chi connectivity index (χ0n) is 11.5. The van der Waals surface area contributed by atoms with Crippen LogP contribution in [0, 0.1) is 18.6 Å². The summed E-state index contributed by atoms with van der Waals surface area (Å²) in [5.74, 6) is -1.06. The molecule has 1 aliphatic carbocycles. The molecule has 20 heavy (non-hydrogen) atoms. The first-order valence-corrected chi connectivity index (χ1v) is 6.94. The number of fused-ring (bicyclic) bond motifs is 1. The molecule has 0 atom stereocenters. The molecule has 0 aromatic heterocycles. The second kappa shape index (κ2) is 5.23. The summed E-state index contributed by atoms with van der Waals surface area (Å²) in [6.45, 7) is 2.07. The molecule has 104 valence electrons. The molecule has 1 nitrogen and oxygen atoms in total. The van der Waals surface area contributed by atoms with Crippen LogP contribution in [0.3, 0.4) is 0 Å². The van der Waals surface area contributed by atoms with Gasteiger partial charge >= 0.3 is 0 Å². The lowest BCUT2D eigenvalue weighted by Crippen LogP contribution is -2.05. The zero-order chi connectivity index (χ0) is 14.1. The highest BCUT2D eigenvalue weighted by Gasteiger charge is 2.13. The standard InChI is InChI=1S/C17H17F2N/c1-11-5-8-15(18)17(16(11)19)20-10-12-6-7-13-3-2-4-14(13)9-12/h5-9,20H,2-4,10H2,1H3. The van der Waals surface area contributed by atoms with E-state index in [9.17, 15) is 8.78 Å². The van der Waals surface area contributed by atoms with Gasteiger partial charge in [0.2, 0.25) is 0 Å². The summed E-state index contributed by atoms with van der Waals surface area (Å²) in [6, 6.07) is 9.04.